The van der Waals surface area contributed by atoms with Gasteiger partial charge in [-0.05, 0) is 54.8 Å². The highest BCUT2D eigenvalue weighted by Crippen LogP contribution is 2.28. The summed E-state index contributed by atoms with van der Waals surface area (Å²) in [5.41, 5.74) is 1.97. The molecule has 54 heavy (non-hydrogen) atoms. The molecule has 14 nitrogen and oxygen atoms in total. The van der Waals surface area contributed by atoms with Crippen molar-refractivity contribution in [2.24, 2.45) is 0 Å². The van der Waals surface area contributed by atoms with Gasteiger partial charge in [0.05, 0.1) is 25.5 Å². The Labute approximate surface area is 310 Å². The van der Waals surface area contributed by atoms with Crippen LogP contribution in [-0.2, 0) is 40.2 Å². The molecule has 286 valence electrons. The molecular weight excluding hydrogens is 704 g/mol. The first kappa shape index (κ1) is 39.3. The molecular formula is C38H43F2N7O7. The van der Waals surface area contributed by atoms with Gasteiger partial charge in [-0.15, -0.1) is 5.10 Å². The number of amides is 4. The average Bonchev–Trinajstić information content (AvgIpc) is 3.62. The number of aliphatic hydroxyl groups is 1. The average molecular weight is 748 g/mol. The second-order valence-corrected chi connectivity index (χ2v) is 12.8. The number of halogens is 2. The summed E-state index contributed by atoms with van der Waals surface area (Å²) in [5.74, 6) is -3.65. The molecule has 4 aromatic rings. The molecule has 0 saturated carbocycles. The molecule has 4 bridgehead atoms. The minimum atomic E-state index is -1.40. The monoisotopic (exact) mass is 747 g/mol. The predicted octanol–water partition coefficient (Wildman–Crippen LogP) is 1.98. The first-order chi connectivity index (χ1) is 26.0. The summed E-state index contributed by atoms with van der Waals surface area (Å²) in [6.45, 7) is 2.06. The number of methoxy groups -OCH3 is 1. The molecule has 0 aliphatic carbocycles. The van der Waals surface area contributed by atoms with Gasteiger partial charge in [-0.3, -0.25) is 19.2 Å². The number of aryl methyl sites for hydroxylation is 1. The summed E-state index contributed by atoms with van der Waals surface area (Å²) >= 11 is 0. The number of aliphatic hydroxyl groups excluding tert-OH is 1. The number of aromatic nitrogens is 3. The Morgan fingerprint density at radius 1 is 0.981 bits per heavy atom. The van der Waals surface area contributed by atoms with Crippen LogP contribution in [0.4, 0.5) is 8.78 Å². The van der Waals surface area contributed by atoms with Gasteiger partial charge in [0.1, 0.15) is 18.7 Å². The van der Waals surface area contributed by atoms with E-state index in [1.807, 2.05) is 6.07 Å². The lowest BCUT2D eigenvalue weighted by molar-refractivity contribution is -0.133. The molecule has 0 spiro atoms. The van der Waals surface area contributed by atoms with E-state index in [4.69, 9.17) is 9.47 Å². The number of benzene rings is 3. The number of carbonyl (C=O) groups excluding carboxylic acids is 4. The van der Waals surface area contributed by atoms with Crippen LogP contribution in [0.15, 0.2) is 72.9 Å². The van der Waals surface area contributed by atoms with Crippen LogP contribution in [0.5, 0.6) is 11.5 Å². The van der Waals surface area contributed by atoms with E-state index >= 15 is 0 Å². The lowest BCUT2D eigenvalue weighted by Gasteiger charge is -2.26. The maximum atomic E-state index is 13.8. The number of nitrogens with one attached hydrogen (secondary N) is 3. The van der Waals surface area contributed by atoms with E-state index in [-0.39, 0.29) is 62.7 Å². The van der Waals surface area contributed by atoms with Crippen LogP contribution >= 0.6 is 0 Å². The number of rotatable bonds is 7. The maximum absolute atomic E-state index is 13.8. The third-order valence-electron chi connectivity index (χ3n) is 8.84. The highest BCUT2D eigenvalue weighted by Gasteiger charge is 2.30. The molecule has 4 N–H and O–H groups in total. The summed E-state index contributed by atoms with van der Waals surface area (Å²) in [7, 11) is 1.43. The smallest absolute Gasteiger partial charge is 0.252 e. The van der Waals surface area contributed by atoms with Crippen molar-refractivity contribution < 1.29 is 42.5 Å². The van der Waals surface area contributed by atoms with Crippen molar-refractivity contribution in [3.8, 4) is 11.5 Å². The molecule has 4 amide bonds. The molecule has 0 fully saturated rings. The second-order valence-electron chi connectivity index (χ2n) is 12.8. The van der Waals surface area contributed by atoms with Gasteiger partial charge < -0.3 is 35.4 Å². The van der Waals surface area contributed by atoms with E-state index < -0.39 is 47.5 Å². The highest BCUT2D eigenvalue weighted by atomic mass is 19.2. The van der Waals surface area contributed by atoms with Crippen molar-refractivity contribution in [2.45, 2.75) is 57.3 Å². The Bertz CT molecular complexity index is 1920. The standard InChI is InChI=1S/C38H43F2N7O7/c1-24(48)35-38(52)41-15-17-46(34(49)13-9-26-8-11-29(39)30(40)20-26)16-14-28-23-47(45-44-28)18-19-54-32-12-10-27(22-33(32)53-2)36(50)42-31(37(51)43-35)21-25-6-4-3-5-7-25/h3-8,10-12,20,22-24,31,35,48H,9,13-19,21H2,1-2H3,(H,41,52)(H,42,50)(H,43,51)/t24-,31-,35+/m1/s1. The molecule has 2 aliphatic heterocycles. The van der Waals surface area contributed by atoms with Crippen LogP contribution < -0.4 is 25.4 Å². The SMILES string of the molecule is COc1cc2ccc1OCCn1cc(nn1)CCN(C(=O)CCc1ccc(F)c(F)c1)CCNC(=O)[C@H]([C@@H](C)O)NC(=O)[C@@H](Cc1ccccc1)NC2=O. The molecule has 6 rings (SSSR count). The minimum Gasteiger partial charge on any atom is -0.493 e. The Kier molecular flexibility index (Phi) is 13.6. The summed E-state index contributed by atoms with van der Waals surface area (Å²) < 4.78 is 40.2. The van der Waals surface area contributed by atoms with Gasteiger partial charge >= 0.3 is 0 Å². The first-order valence-electron chi connectivity index (χ1n) is 17.5. The second kappa shape index (κ2) is 18.7. The largest absolute Gasteiger partial charge is 0.493 e. The molecule has 1 aromatic heterocycles. The fraction of sp³-hybridized carbons (Fsp3) is 0.368. The van der Waals surface area contributed by atoms with Gasteiger partial charge in [0.2, 0.25) is 17.7 Å². The van der Waals surface area contributed by atoms with Crippen molar-refractivity contribution in [1.82, 2.24) is 35.8 Å². The third-order valence-corrected chi connectivity index (χ3v) is 8.84. The van der Waals surface area contributed by atoms with Gasteiger partial charge in [-0.1, -0.05) is 41.6 Å². The van der Waals surface area contributed by atoms with E-state index in [1.165, 1.54) is 37.1 Å². The predicted molar refractivity (Wildman–Crippen MR) is 191 cm³/mol. The van der Waals surface area contributed by atoms with Crippen LogP contribution in [0.25, 0.3) is 0 Å². The van der Waals surface area contributed by atoms with Crippen molar-refractivity contribution in [3.63, 3.8) is 0 Å². The van der Waals surface area contributed by atoms with Crippen LogP contribution in [0.2, 0.25) is 0 Å². The highest BCUT2D eigenvalue weighted by molar-refractivity contribution is 5.99. The van der Waals surface area contributed by atoms with E-state index in [0.717, 1.165) is 17.7 Å². The van der Waals surface area contributed by atoms with Gasteiger partial charge in [0.25, 0.3) is 5.91 Å². The Balaban J connectivity index is 1.38. The molecule has 0 saturated heterocycles. The zero-order valence-corrected chi connectivity index (χ0v) is 30.0. The van der Waals surface area contributed by atoms with Crippen LogP contribution in [0, 0.1) is 11.6 Å². The molecule has 2 aliphatic rings. The van der Waals surface area contributed by atoms with Gasteiger partial charge in [-0.2, -0.15) is 0 Å². The van der Waals surface area contributed by atoms with E-state index in [9.17, 15) is 33.1 Å². The Hall–Kier alpha value is -5.90. The quantitative estimate of drug-likeness (QED) is 0.206. The number of carbonyl (C=O) groups is 4. The number of hydrogen-bond acceptors (Lipinski definition) is 9. The van der Waals surface area contributed by atoms with Gasteiger partial charge in [0, 0.05) is 50.7 Å². The minimum absolute atomic E-state index is 0.0196. The lowest BCUT2D eigenvalue weighted by Crippen LogP contribution is -2.58. The summed E-state index contributed by atoms with van der Waals surface area (Å²) in [6.07, 6.45) is 0.919. The topological polar surface area (TPSA) is 177 Å². The Morgan fingerprint density at radius 3 is 2.52 bits per heavy atom. The fourth-order valence-corrected chi connectivity index (χ4v) is 5.84. The molecule has 3 atom stereocenters. The van der Waals surface area contributed by atoms with Crippen molar-refractivity contribution in [3.05, 3.63) is 107 Å². The number of ether oxygens (including phenoxy) is 2. The number of hydrogen-bond donors (Lipinski definition) is 4. The molecule has 0 radical (unpaired) electrons. The van der Waals surface area contributed by atoms with E-state index in [1.54, 1.807) is 41.2 Å². The summed E-state index contributed by atoms with van der Waals surface area (Å²) in [6, 6.07) is 14.5. The van der Waals surface area contributed by atoms with Crippen LogP contribution in [0.3, 0.4) is 0 Å². The first-order valence-corrected chi connectivity index (χ1v) is 17.5. The number of fused-ring (bicyclic) bond motifs is 16. The van der Waals surface area contributed by atoms with Crippen LogP contribution in [-0.4, -0.2) is 100 Å². The zero-order chi connectivity index (χ0) is 38.6. The van der Waals surface area contributed by atoms with E-state index in [2.05, 4.69) is 26.3 Å². The summed E-state index contributed by atoms with van der Waals surface area (Å²) in [5, 5.41) is 27.0. The van der Waals surface area contributed by atoms with Crippen molar-refractivity contribution in [1.29, 1.82) is 0 Å². The molecule has 3 heterocycles. The van der Waals surface area contributed by atoms with Crippen molar-refractivity contribution in [2.75, 3.05) is 33.4 Å². The van der Waals surface area contributed by atoms with Gasteiger partial charge in [0.15, 0.2) is 23.1 Å². The van der Waals surface area contributed by atoms with Crippen molar-refractivity contribution >= 4 is 23.6 Å². The number of nitrogens with zero attached hydrogens (tertiary/aromatic N) is 4. The van der Waals surface area contributed by atoms with E-state index in [0.29, 0.717) is 30.0 Å². The lowest BCUT2D eigenvalue weighted by atomic mass is 10.0. The fourth-order valence-electron chi connectivity index (χ4n) is 5.84. The zero-order valence-electron chi connectivity index (χ0n) is 30.0. The summed E-state index contributed by atoms with van der Waals surface area (Å²) in [4.78, 5) is 55.6. The normalized spacial score (nSPS) is 18.2. The van der Waals surface area contributed by atoms with Gasteiger partial charge in [-0.25, -0.2) is 13.5 Å². The molecule has 16 heteroatoms. The molecule has 3 aromatic carbocycles. The third kappa shape index (κ3) is 10.8. The molecule has 0 unspecified atom stereocenters. The van der Waals surface area contributed by atoms with Crippen LogP contribution in [0.1, 0.15) is 40.5 Å². The maximum Gasteiger partial charge on any atom is 0.252 e. The Morgan fingerprint density at radius 2 is 1.78 bits per heavy atom.